The number of fused-ring (bicyclic) bond motifs is 1. The van der Waals surface area contributed by atoms with Crippen molar-refractivity contribution in [1.29, 1.82) is 0 Å². The van der Waals surface area contributed by atoms with Crippen LogP contribution < -0.4 is 10.5 Å². The second kappa shape index (κ2) is 5.26. The summed E-state index contributed by atoms with van der Waals surface area (Å²) in [6.45, 7) is 3.21. The molecular formula is C14H21N5O. The molecule has 2 aromatic rings. The largest absolute Gasteiger partial charge is 0.479 e. The topological polar surface area (TPSA) is 78.8 Å². The van der Waals surface area contributed by atoms with Crippen molar-refractivity contribution in [3.8, 4) is 5.88 Å². The number of nitrogen functional groups attached to an aromatic ring is 1. The molecule has 0 spiro atoms. The van der Waals surface area contributed by atoms with Gasteiger partial charge in [-0.05, 0) is 18.3 Å². The molecule has 2 unspecified atom stereocenters. The van der Waals surface area contributed by atoms with E-state index in [4.69, 9.17) is 10.5 Å². The lowest BCUT2D eigenvalue weighted by Gasteiger charge is -2.29. The highest BCUT2D eigenvalue weighted by molar-refractivity contribution is 5.78. The normalized spacial score (nSPS) is 23.1. The molecule has 3 rings (SSSR count). The number of methoxy groups -OCH3 is 1. The van der Waals surface area contributed by atoms with Crippen LogP contribution in [0.3, 0.4) is 0 Å². The van der Waals surface area contributed by atoms with Gasteiger partial charge in [0.15, 0.2) is 11.2 Å². The molecule has 1 saturated carbocycles. The molecule has 20 heavy (non-hydrogen) atoms. The highest BCUT2D eigenvalue weighted by atomic mass is 16.5. The average molecular weight is 275 g/mol. The number of rotatable bonds is 3. The molecule has 2 heterocycles. The van der Waals surface area contributed by atoms with E-state index < -0.39 is 0 Å². The van der Waals surface area contributed by atoms with Crippen LogP contribution >= 0.6 is 0 Å². The first-order valence-corrected chi connectivity index (χ1v) is 7.21. The number of ether oxygens (including phenoxy) is 1. The lowest BCUT2D eigenvalue weighted by molar-refractivity contribution is 0.231. The number of nitrogens with zero attached hydrogens (tertiary/aromatic N) is 4. The summed E-state index contributed by atoms with van der Waals surface area (Å²) in [5.41, 5.74) is 7.49. The molecule has 0 saturated heterocycles. The highest BCUT2D eigenvalue weighted by Crippen LogP contribution is 2.32. The van der Waals surface area contributed by atoms with Crippen molar-refractivity contribution in [3.63, 3.8) is 0 Å². The van der Waals surface area contributed by atoms with Gasteiger partial charge < -0.3 is 10.5 Å². The van der Waals surface area contributed by atoms with Gasteiger partial charge in [0.2, 0.25) is 11.8 Å². The van der Waals surface area contributed by atoms with E-state index in [9.17, 15) is 0 Å². The fourth-order valence-electron chi connectivity index (χ4n) is 3.16. The first-order valence-electron chi connectivity index (χ1n) is 7.21. The van der Waals surface area contributed by atoms with Gasteiger partial charge in [0.05, 0.1) is 7.11 Å². The van der Waals surface area contributed by atoms with Crippen molar-refractivity contribution >= 4 is 17.1 Å². The molecule has 1 aliphatic carbocycles. The molecule has 1 aliphatic rings. The van der Waals surface area contributed by atoms with Gasteiger partial charge in [0.25, 0.3) is 0 Å². The maximum absolute atomic E-state index is 6.07. The lowest BCUT2D eigenvalue weighted by atomic mass is 9.80. The Hall–Kier alpha value is -1.85. The van der Waals surface area contributed by atoms with Crippen molar-refractivity contribution in [2.75, 3.05) is 12.8 Å². The molecular weight excluding hydrogens is 254 g/mol. The SMILES string of the molecule is COc1ncnc2c1nc(N)n2CC1CCCCC1C. The van der Waals surface area contributed by atoms with Crippen LogP contribution in [0.25, 0.3) is 11.2 Å². The predicted octanol–water partition coefficient (Wildman–Crippen LogP) is 2.24. The summed E-state index contributed by atoms with van der Waals surface area (Å²) in [5, 5.41) is 0. The second-order valence-electron chi connectivity index (χ2n) is 5.66. The predicted molar refractivity (Wildman–Crippen MR) is 77.4 cm³/mol. The van der Waals surface area contributed by atoms with Crippen molar-refractivity contribution in [2.24, 2.45) is 11.8 Å². The third-order valence-electron chi connectivity index (χ3n) is 4.43. The van der Waals surface area contributed by atoms with Crippen LogP contribution in [0.15, 0.2) is 6.33 Å². The number of aromatic nitrogens is 4. The Morgan fingerprint density at radius 3 is 2.90 bits per heavy atom. The Labute approximate surface area is 118 Å². The Morgan fingerprint density at radius 2 is 2.15 bits per heavy atom. The van der Waals surface area contributed by atoms with Crippen molar-refractivity contribution in [2.45, 2.75) is 39.2 Å². The lowest BCUT2D eigenvalue weighted by Crippen LogP contribution is -2.22. The van der Waals surface area contributed by atoms with E-state index in [0.717, 1.165) is 18.1 Å². The van der Waals surface area contributed by atoms with Gasteiger partial charge in [-0.25, -0.2) is 9.97 Å². The standard InChI is InChI=1S/C14H21N5O/c1-9-5-3-4-6-10(9)7-19-12-11(18-14(19)15)13(20-2)17-8-16-12/h8-10H,3-7H2,1-2H3,(H2,15,18). The summed E-state index contributed by atoms with van der Waals surface area (Å²) in [5.74, 6) is 2.35. The van der Waals surface area contributed by atoms with Crippen LogP contribution in [-0.2, 0) is 6.54 Å². The third-order valence-corrected chi connectivity index (χ3v) is 4.43. The van der Waals surface area contributed by atoms with Gasteiger partial charge in [-0.15, -0.1) is 0 Å². The number of hydrogen-bond donors (Lipinski definition) is 1. The summed E-state index contributed by atoms with van der Waals surface area (Å²) in [6.07, 6.45) is 6.70. The molecule has 1 fully saturated rings. The van der Waals surface area contributed by atoms with Crippen LogP contribution in [0, 0.1) is 11.8 Å². The minimum Gasteiger partial charge on any atom is -0.479 e. The fourth-order valence-corrected chi connectivity index (χ4v) is 3.16. The zero-order valence-corrected chi connectivity index (χ0v) is 12.0. The Balaban J connectivity index is 1.96. The summed E-state index contributed by atoms with van der Waals surface area (Å²) in [4.78, 5) is 12.8. The molecule has 2 atom stereocenters. The Morgan fingerprint density at radius 1 is 1.35 bits per heavy atom. The molecule has 0 radical (unpaired) electrons. The molecule has 6 heteroatoms. The number of imidazole rings is 1. The van der Waals surface area contributed by atoms with Crippen LogP contribution in [0.4, 0.5) is 5.95 Å². The molecule has 0 amide bonds. The van der Waals surface area contributed by atoms with E-state index in [-0.39, 0.29) is 0 Å². The molecule has 0 aromatic carbocycles. The van der Waals surface area contributed by atoms with Crippen LogP contribution in [0.1, 0.15) is 32.6 Å². The molecule has 2 N–H and O–H groups in total. The van der Waals surface area contributed by atoms with Crippen LogP contribution in [-0.4, -0.2) is 26.6 Å². The van der Waals surface area contributed by atoms with E-state index in [0.29, 0.717) is 23.3 Å². The summed E-state index contributed by atoms with van der Waals surface area (Å²) in [7, 11) is 1.58. The maximum atomic E-state index is 6.07. The van der Waals surface area contributed by atoms with Gasteiger partial charge in [-0.1, -0.05) is 26.2 Å². The van der Waals surface area contributed by atoms with Gasteiger partial charge in [0.1, 0.15) is 6.33 Å². The summed E-state index contributed by atoms with van der Waals surface area (Å²) in [6, 6.07) is 0. The second-order valence-corrected chi connectivity index (χ2v) is 5.66. The molecule has 2 aromatic heterocycles. The van der Waals surface area contributed by atoms with Gasteiger partial charge in [-0.2, -0.15) is 4.98 Å². The minimum absolute atomic E-state index is 0.483. The summed E-state index contributed by atoms with van der Waals surface area (Å²) >= 11 is 0. The van der Waals surface area contributed by atoms with Gasteiger partial charge in [-0.3, -0.25) is 4.57 Å². The van der Waals surface area contributed by atoms with E-state index in [1.165, 1.54) is 32.0 Å². The van der Waals surface area contributed by atoms with Crippen molar-refractivity contribution in [3.05, 3.63) is 6.33 Å². The van der Waals surface area contributed by atoms with Crippen LogP contribution in [0.2, 0.25) is 0 Å². The summed E-state index contributed by atoms with van der Waals surface area (Å²) < 4.78 is 7.23. The average Bonchev–Trinajstić information content (AvgIpc) is 2.77. The molecule has 108 valence electrons. The van der Waals surface area contributed by atoms with Crippen LogP contribution in [0.5, 0.6) is 5.88 Å². The van der Waals surface area contributed by atoms with Crippen molar-refractivity contribution < 1.29 is 4.74 Å². The quantitative estimate of drug-likeness (QED) is 0.929. The highest BCUT2D eigenvalue weighted by Gasteiger charge is 2.24. The molecule has 0 aliphatic heterocycles. The van der Waals surface area contributed by atoms with Crippen molar-refractivity contribution in [1.82, 2.24) is 19.5 Å². The fraction of sp³-hybridized carbons (Fsp3) is 0.643. The number of anilines is 1. The van der Waals surface area contributed by atoms with Gasteiger partial charge >= 0.3 is 0 Å². The van der Waals surface area contributed by atoms with E-state index in [2.05, 4.69) is 21.9 Å². The van der Waals surface area contributed by atoms with E-state index in [1.807, 2.05) is 4.57 Å². The number of nitrogens with two attached hydrogens (primary N) is 1. The Kier molecular flexibility index (Phi) is 3.46. The molecule has 6 nitrogen and oxygen atoms in total. The van der Waals surface area contributed by atoms with Gasteiger partial charge in [0, 0.05) is 6.54 Å². The zero-order chi connectivity index (χ0) is 14.1. The third kappa shape index (κ3) is 2.19. The van der Waals surface area contributed by atoms with E-state index >= 15 is 0 Å². The monoisotopic (exact) mass is 275 g/mol. The smallest absolute Gasteiger partial charge is 0.245 e. The zero-order valence-electron chi connectivity index (χ0n) is 12.0. The Bertz CT molecular complexity index is 609. The van der Waals surface area contributed by atoms with E-state index in [1.54, 1.807) is 7.11 Å². The number of hydrogen-bond acceptors (Lipinski definition) is 5. The molecule has 0 bridgehead atoms. The first-order chi connectivity index (χ1) is 9.70. The first kappa shape index (κ1) is 13.1. The minimum atomic E-state index is 0.483. The maximum Gasteiger partial charge on any atom is 0.245 e.